The van der Waals surface area contributed by atoms with E-state index in [1.54, 1.807) is 13.8 Å². The Balaban J connectivity index is 3.73. The van der Waals surface area contributed by atoms with Gasteiger partial charge in [-0.25, -0.2) is 0 Å². The Morgan fingerprint density at radius 3 is 2.55 bits per heavy atom. The molecule has 11 heavy (non-hydrogen) atoms. The van der Waals surface area contributed by atoms with Gasteiger partial charge in [0.2, 0.25) is 0 Å². The lowest BCUT2D eigenvalue weighted by Crippen LogP contribution is -2.20. The molecule has 0 bridgehead atoms. The minimum atomic E-state index is -0.564. The fourth-order valence-corrected chi connectivity index (χ4v) is 0.995. The van der Waals surface area contributed by atoms with Crippen molar-refractivity contribution in [2.45, 2.75) is 19.1 Å². The smallest absolute Gasteiger partial charge is 0.319 e. The largest absolute Gasteiger partial charge is 0.465 e. The average Bonchev–Trinajstić information content (AvgIpc) is 1.86. The quantitative estimate of drug-likeness (QED) is 0.646. The van der Waals surface area contributed by atoms with Gasteiger partial charge in [-0.15, -0.1) is 0 Å². The van der Waals surface area contributed by atoms with Crippen LogP contribution in [0, 0.1) is 0 Å². The molecule has 0 aliphatic heterocycles. The number of hydrogen-bond acceptors (Lipinski definition) is 4. The number of amides is 1. The lowest BCUT2D eigenvalue weighted by molar-refractivity contribution is -0.142. The number of carbonyl (C=O) groups excluding carboxylic acids is 2. The van der Waals surface area contributed by atoms with Crippen LogP contribution in [0.3, 0.4) is 0 Å². The highest BCUT2D eigenvalue weighted by Gasteiger charge is 2.16. The number of rotatable bonds is 3. The summed E-state index contributed by atoms with van der Waals surface area (Å²) in [5, 5.41) is -1.07. The minimum Gasteiger partial charge on any atom is -0.465 e. The molecule has 0 radical (unpaired) electrons. The monoisotopic (exact) mass is 177 g/mol. The average molecular weight is 177 g/mol. The van der Waals surface area contributed by atoms with E-state index in [4.69, 9.17) is 5.73 Å². The number of nitrogens with two attached hydrogens (primary N) is 1. The number of ether oxygens (including phenoxy) is 1. The van der Waals surface area contributed by atoms with Crippen molar-refractivity contribution in [3.63, 3.8) is 0 Å². The first-order valence-electron chi connectivity index (χ1n) is 3.20. The molecular formula is C6H11NO3S. The first kappa shape index (κ1) is 10.3. The van der Waals surface area contributed by atoms with Gasteiger partial charge in [0.1, 0.15) is 5.25 Å². The first-order valence-corrected chi connectivity index (χ1v) is 4.08. The molecule has 4 nitrogen and oxygen atoms in total. The van der Waals surface area contributed by atoms with Gasteiger partial charge in [0.25, 0.3) is 5.24 Å². The highest BCUT2D eigenvalue weighted by Crippen LogP contribution is 2.10. The Hall–Kier alpha value is -0.710. The van der Waals surface area contributed by atoms with Crippen molar-refractivity contribution in [3.05, 3.63) is 0 Å². The molecule has 1 atom stereocenters. The zero-order chi connectivity index (χ0) is 8.85. The molecule has 0 spiro atoms. The van der Waals surface area contributed by atoms with Crippen LogP contribution in [0.4, 0.5) is 4.79 Å². The van der Waals surface area contributed by atoms with E-state index in [2.05, 4.69) is 4.74 Å². The summed E-state index contributed by atoms with van der Waals surface area (Å²) in [6.07, 6.45) is 0. The predicted octanol–water partition coefficient (Wildman–Crippen LogP) is 0.750. The second-order valence-corrected chi connectivity index (χ2v) is 3.18. The topological polar surface area (TPSA) is 69.4 Å². The number of esters is 1. The lowest BCUT2D eigenvalue weighted by atomic mass is 10.5. The van der Waals surface area contributed by atoms with Crippen molar-refractivity contribution in [2.24, 2.45) is 5.73 Å². The van der Waals surface area contributed by atoms with Gasteiger partial charge in [0.05, 0.1) is 6.61 Å². The van der Waals surface area contributed by atoms with Crippen LogP contribution in [0.5, 0.6) is 0 Å². The number of primary amides is 1. The first-order chi connectivity index (χ1) is 5.07. The van der Waals surface area contributed by atoms with Gasteiger partial charge in [-0.05, 0) is 13.8 Å². The van der Waals surface area contributed by atoms with Crippen LogP contribution < -0.4 is 5.73 Å². The molecule has 0 rings (SSSR count). The third-order valence-corrected chi connectivity index (χ3v) is 1.69. The molecule has 0 aliphatic rings. The van der Waals surface area contributed by atoms with Crippen LogP contribution in [0.2, 0.25) is 0 Å². The lowest BCUT2D eigenvalue weighted by Gasteiger charge is -2.06. The fourth-order valence-electron chi connectivity index (χ4n) is 0.482. The SMILES string of the molecule is CCOC(=O)C(C)SC(N)=O. The Labute approximate surface area is 69.5 Å². The molecule has 1 amide bonds. The van der Waals surface area contributed by atoms with Crippen molar-refractivity contribution in [1.82, 2.24) is 0 Å². The van der Waals surface area contributed by atoms with Crippen molar-refractivity contribution in [2.75, 3.05) is 6.61 Å². The maximum Gasteiger partial charge on any atom is 0.319 e. The van der Waals surface area contributed by atoms with Crippen LogP contribution in [-0.2, 0) is 9.53 Å². The van der Waals surface area contributed by atoms with E-state index in [-0.39, 0.29) is 0 Å². The maximum absolute atomic E-state index is 10.8. The number of thioether (sulfide) groups is 1. The van der Waals surface area contributed by atoms with Gasteiger partial charge < -0.3 is 10.5 Å². The van der Waals surface area contributed by atoms with E-state index in [0.717, 1.165) is 11.8 Å². The predicted molar refractivity (Wildman–Crippen MR) is 43.3 cm³/mol. The third kappa shape index (κ3) is 4.66. The summed E-state index contributed by atoms with van der Waals surface area (Å²) in [7, 11) is 0. The van der Waals surface area contributed by atoms with Crippen molar-refractivity contribution < 1.29 is 14.3 Å². The van der Waals surface area contributed by atoms with E-state index in [9.17, 15) is 9.59 Å². The molecule has 0 aromatic rings. The molecule has 5 heteroatoms. The van der Waals surface area contributed by atoms with E-state index < -0.39 is 16.5 Å². The maximum atomic E-state index is 10.8. The molecule has 0 saturated heterocycles. The molecule has 0 saturated carbocycles. The Kier molecular flexibility index (Phi) is 4.69. The summed E-state index contributed by atoms with van der Waals surface area (Å²) in [6, 6.07) is 0. The highest BCUT2D eigenvalue weighted by molar-refractivity contribution is 8.14. The van der Waals surface area contributed by atoms with Gasteiger partial charge >= 0.3 is 5.97 Å². The van der Waals surface area contributed by atoms with Crippen LogP contribution in [0.1, 0.15) is 13.8 Å². The van der Waals surface area contributed by atoms with Crippen molar-refractivity contribution >= 4 is 23.0 Å². The third-order valence-electron chi connectivity index (χ3n) is 0.911. The van der Waals surface area contributed by atoms with Gasteiger partial charge in [0, 0.05) is 0 Å². The van der Waals surface area contributed by atoms with E-state index in [1.807, 2.05) is 0 Å². The van der Waals surface area contributed by atoms with Crippen LogP contribution in [0.15, 0.2) is 0 Å². The van der Waals surface area contributed by atoms with Gasteiger partial charge in [-0.3, -0.25) is 9.59 Å². The molecule has 0 aromatic carbocycles. The Morgan fingerprint density at radius 1 is 1.64 bits per heavy atom. The second kappa shape index (κ2) is 5.01. The Morgan fingerprint density at radius 2 is 2.18 bits per heavy atom. The molecule has 1 unspecified atom stereocenters. The van der Waals surface area contributed by atoms with Crippen LogP contribution >= 0.6 is 11.8 Å². The number of carbonyl (C=O) groups is 2. The summed E-state index contributed by atoms with van der Waals surface area (Å²) < 4.78 is 4.64. The summed E-state index contributed by atoms with van der Waals surface area (Å²) in [6.45, 7) is 3.61. The Bertz CT molecular complexity index is 160. The molecule has 0 aromatic heterocycles. The van der Waals surface area contributed by atoms with Gasteiger partial charge in [-0.2, -0.15) is 0 Å². The summed E-state index contributed by atoms with van der Waals surface area (Å²) in [4.78, 5) is 21.1. The molecule has 64 valence electrons. The van der Waals surface area contributed by atoms with E-state index in [0.29, 0.717) is 6.61 Å². The molecule has 0 aliphatic carbocycles. The van der Waals surface area contributed by atoms with E-state index in [1.165, 1.54) is 0 Å². The summed E-state index contributed by atoms with van der Waals surface area (Å²) in [5.74, 6) is -0.406. The summed E-state index contributed by atoms with van der Waals surface area (Å²) in [5.41, 5.74) is 4.84. The van der Waals surface area contributed by atoms with Crippen LogP contribution in [-0.4, -0.2) is 23.1 Å². The summed E-state index contributed by atoms with van der Waals surface area (Å²) >= 11 is 0.767. The molecular weight excluding hydrogens is 166 g/mol. The fraction of sp³-hybridized carbons (Fsp3) is 0.667. The molecule has 0 fully saturated rings. The normalized spacial score (nSPS) is 12.2. The van der Waals surface area contributed by atoms with E-state index >= 15 is 0 Å². The standard InChI is InChI=1S/C6H11NO3S/c1-3-10-5(8)4(2)11-6(7)9/h4H,3H2,1-2H3,(H2,7,9). The minimum absolute atomic E-state index is 0.322. The van der Waals surface area contributed by atoms with Crippen molar-refractivity contribution in [1.29, 1.82) is 0 Å². The zero-order valence-corrected chi connectivity index (χ0v) is 7.31. The number of hydrogen-bond donors (Lipinski definition) is 1. The molecule has 2 N–H and O–H groups in total. The van der Waals surface area contributed by atoms with Crippen LogP contribution in [0.25, 0.3) is 0 Å². The zero-order valence-electron chi connectivity index (χ0n) is 6.49. The highest BCUT2D eigenvalue weighted by atomic mass is 32.2. The second-order valence-electron chi connectivity index (χ2n) is 1.83. The van der Waals surface area contributed by atoms with Crippen molar-refractivity contribution in [3.8, 4) is 0 Å². The molecule has 0 heterocycles. The van der Waals surface area contributed by atoms with Gasteiger partial charge in [-0.1, -0.05) is 11.8 Å². The van der Waals surface area contributed by atoms with Gasteiger partial charge in [0.15, 0.2) is 0 Å².